The maximum atomic E-state index is 11.3. The molecule has 2 nitrogen and oxygen atoms in total. The summed E-state index contributed by atoms with van der Waals surface area (Å²) in [6.45, 7) is 15.0. The summed E-state index contributed by atoms with van der Waals surface area (Å²) >= 11 is 0. The molecule has 0 fully saturated rings. The molecular weight excluding hydrogens is 290 g/mol. The van der Waals surface area contributed by atoms with E-state index in [4.69, 9.17) is 7.57 Å². The monoisotopic (exact) mass is 319 g/mol. The zero-order valence-corrected chi connectivity index (χ0v) is 15.9. The SMILES string of the molecule is [B][P+](C)(CC(=O)O)c1c(C(C)C)cc(C(C)C)cc1C(C)C. The van der Waals surface area contributed by atoms with Gasteiger partial charge in [0.2, 0.25) is 0 Å². The largest absolute Gasteiger partial charge is 0.479 e. The fourth-order valence-corrected chi connectivity index (χ4v) is 5.41. The molecule has 0 aromatic heterocycles. The van der Waals surface area contributed by atoms with E-state index in [-0.39, 0.29) is 6.16 Å². The van der Waals surface area contributed by atoms with Crippen molar-refractivity contribution in [1.29, 1.82) is 0 Å². The quantitative estimate of drug-likeness (QED) is 0.619. The summed E-state index contributed by atoms with van der Waals surface area (Å²) in [6, 6.07) is 4.48. The molecule has 2 radical (unpaired) electrons. The van der Waals surface area contributed by atoms with Gasteiger partial charge < -0.3 is 5.11 Å². The molecule has 4 heteroatoms. The lowest BCUT2D eigenvalue weighted by Gasteiger charge is -2.27. The van der Waals surface area contributed by atoms with E-state index in [0.29, 0.717) is 17.8 Å². The zero-order chi connectivity index (χ0) is 17.2. The molecule has 0 heterocycles. The van der Waals surface area contributed by atoms with Crippen molar-refractivity contribution in [2.75, 3.05) is 12.8 Å². The van der Waals surface area contributed by atoms with Crippen LogP contribution in [0, 0.1) is 0 Å². The average Bonchev–Trinajstić information content (AvgIpc) is 2.35. The lowest BCUT2D eigenvalue weighted by molar-refractivity contribution is -0.134. The van der Waals surface area contributed by atoms with Gasteiger partial charge in [-0.3, -0.25) is 0 Å². The number of carbonyl (C=O) groups is 1. The molecule has 1 atom stereocenters. The van der Waals surface area contributed by atoms with E-state index in [1.54, 1.807) is 0 Å². The van der Waals surface area contributed by atoms with Gasteiger partial charge in [-0.05, 0) is 34.4 Å². The van der Waals surface area contributed by atoms with E-state index in [1.807, 2.05) is 6.66 Å². The summed E-state index contributed by atoms with van der Waals surface area (Å²) in [7, 11) is 4.39. The van der Waals surface area contributed by atoms with Crippen LogP contribution in [-0.2, 0) is 4.79 Å². The smallest absolute Gasteiger partial charge is 0.371 e. The van der Waals surface area contributed by atoms with Crippen molar-refractivity contribution in [2.24, 2.45) is 0 Å². The lowest BCUT2D eigenvalue weighted by Crippen LogP contribution is -2.27. The fraction of sp³-hybridized carbons (Fsp3) is 0.611. The molecule has 0 aliphatic carbocycles. The second-order valence-corrected chi connectivity index (χ2v) is 10.6. The number of benzene rings is 1. The molecule has 0 spiro atoms. The standard InChI is InChI=1S/C18H29BO2P/c1-11(2)14-8-15(12(3)4)18(16(9-14)13(5)6)22(7,19)10-17(20)21/h8-9,11-13H,10H2,1-7H3,(H,20,21)/q+1. The predicted octanol–water partition coefficient (Wildman–Crippen LogP) is 4.50. The molecule has 0 saturated carbocycles. The molecule has 120 valence electrons. The van der Waals surface area contributed by atoms with Crippen LogP contribution in [0.25, 0.3) is 0 Å². The third-order valence-corrected chi connectivity index (χ3v) is 6.54. The van der Waals surface area contributed by atoms with Gasteiger partial charge >= 0.3 is 13.5 Å². The topological polar surface area (TPSA) is 37.3 Å². The van der Waals surface area contributed by atoms with E-state index in [9.17, 15) is 9.90 Å². The van der Waals surface area contributed by atoms with Gasteiger partial charge in [-0.2, -0.15) is 0 Å². The van der Waals surface area contributed by atoms with E-state index in [2.05, 4.69) is 53.7 Å². The Bertz CT molecular complexity index is 519. The molecule has 1 aromatic rings. The van der Waals surface area contributed by atoms with Gasteiger partial charge in [-0.15, -0.1) is 0 Å². The minimum absolute atomic E-state index is 0.0491. The van der Waals surface area contributed by atoms with Gasteiger partial charge in [-0.1, -0.05) is 53.7 Å². The van der Waals surface area contributed by atoms with Crippen LogP contribution in [0.5, 0.6) is 0 Å². The lowest BCUT2D eigenvalue weighted by atomic mass is 9.89. The summed E-state index contributed by atoms with van der Waals surface area (Å²) in [5, 5.41) is 10.4. The summed E-state index contributed by atoms with van der Waals surface area (Å²) < 4.78 is 0. The Kier molecular flexibility index (Phi) is 6.27. The Balaban J connectivity index is 3.68. The molecule has 0 amide bonds. The summed E-state index contributed by atoms with van der Waals surface area (Å²) in [4.78, 5) is 11.3. The van der Waals surface area contributed by atoms with E-state index in [0.717, 1.165) is 5.30 Å². The van der Waals surface area contributed by atoms with Crippen LogP contribution in [0.3, 0.4) is 0 Å². The first-order valence-electron chi connectivity index (χ1n) is 8.01. The fourth-order valence-electron chi connectivity index (χ4n) is 2.87. The maximum absolute atomic E-state index is 11.3. The molecule has 0 aliphatic rings. The Morgan fingerprint density at radius 1 is 1.05 bits per heavy atom. The minimum atomic E-state index is -2.18. The van der Waals surface area contributed by atoms with Crippen LogP contribution in [0.15, 0.2) is 12.1 Å². The summed E-state index contributed by atoms with van der Waals surface area (Å²) in [6.07, 6.45) is 0.0491. The first-order chi connectivity index (χ1) is 9.97. The van der Waals surface area contributed by atoms with Gasteiger partial charge in [0.15, 0.2) is 0 Å². The Labute approximate surface area is 137 Å². The van der Waals surface area contributed by atoms with Gasteiger partial charge in [-0.25, -0.2) is 4.79 Å². The van der Waals surface area contributed by atoms with Crippen LogP contribution in [0.4, 0.5) is 0 Å². The number of hydrogen-bond donors (Lipinski definition) is 1. The molecule has 1 rings (SSSR count). The molecule has 1 aromatic carbocycles. The van der Waals surface area contributed by atoms with Crippen molar-refractivity contribution < 1.29 is 9.90 Å². The third-order valence-electron chi connectivity index (χ3n) is 4.08. The normalized spacial score (nSPS) is 14.6. The van der Waals surface area contributed by atoms with Crippen molar-refractivity contribution in [3.63, 3.8) is 0 Å². The van der Waals surface area contributed by atoms with Crippen molar-refractivity contribution in [3.05, 3.63) is 28.8 Å². The molecule has 22 heavy (non-hydrogen) atoms. The van der Waals surface area contributed by atoms with Crippen molar-refractivity contribution in [2.45, 2.75) is 59.3 Å². The number of aliphatic carboxylic acids is 1. The van der Waals surface area contributed by atoms with Crippen LogP contribution < -0.4 is 5.30 Å². The highest BCUT2D eigenvalue weighted by Gasteiger charge is 2.38. The number of carboxylic acids is 1. The average molecular weight is 319 g/mol. The van der Waals surface area contributed by atoms with Crippen LogP contribution in [0.2, 0.25) is 0 Å². The highest BCUT2D eigenvalue weighted by atomic mass is 31.2. The van der Waals surface area contributed by atoms with Gasteiger partial charge in [0.25, 0.3) is 0 Å². The van der Waals surface area contributed by atoms with Gasteiger partial charge in [0.1, 0.15) is 6.16 Å². The Morgan fingerprint density at radius 3 is 1.73 bits per heavy atom. The predicted molar refractivity (Wildman–Crippen MR) is 99.4 cm³/mol. The summed E-state index contributed by atoms with van der Waals surface area (Å²) in [5.74, 6) is 0.312. The molecule has 1 unspecified atom stereocenters. The minimum Gasteiger partial charge on any atom is -0.479 e. The van der Waals surface area contributed by atoms with Crippen LogP contribution in [-0.4, -0.2) is 31.5 Å². The van der Waals surface area contributed by atoms with Crippen LogP contribution in [0.1, 0.15) is 76.0 Å². The van der Waals surface area contributed by atoms with E-state index >= 15 is 0 Å². The first kappa shape index (κ1) is 19.2. The number of rotatable bonds is 6. The second kappa shape index (κ2) is 7.17. The van der Waals surface area contributed by atoms with Crippen molar-refractivity contribution in [1.82, 2.24) is 0 Å². The van der Waals surface area contributed by atoms with Gasteiger partial charge in [0.05, 0.1) is 5.30 Å². The molecular formula is C18H29BO2P+. The molecule has 0 saturated heterocycles. The highest BCUT2D eigenvalue weighted by Crippen LogP contribution is 2.52. The van der Waals surface area contributed by atoms with E-state index < -0.39 is 13.1 Å². The third kappa shape index (κ3) is 4.35. The number of hydrogen-bond acceptors (Lipinski definition) is 1. The van der Waals surface area contributed by atoms with Crippen LogP contribution >= 0.6 is 7.14 Å². The molecule has 0 aliphatic heterocycles. The second-order valence-electron chi connectivity index (χ2n) is 7.33. The molecule has 1 N–H and O–H groups in total. The Morgan fingerprint density at radius 2 is 1.45 bits per heavy atom. The van der Waals surface area contributed by atoms with Gasteiger partial charge in [0, 0.05) is 13.8 Å². The number of carboxylic acid groups (broad SMARTS) is 1. The maximum Gasteiger partial charge on any atom is 0.371 e. The first-order valence-corrected chi connectivity index (χ1v) is 10.5. The van der Waals surface area contributed by atoms with E-state index in [1.165, 1.54) is 16.7 Å². The van der Waals surface area contributed by atoms with Crippen molar-refractivity contribution >= 4 is 26.0 Å². The zero-order valence-electron chi connectivity index (χ0n) is 15.0. The van der Waals surface area contributed by atoms with Crippen molar-refractivity contribution in [3.8, 4) is 0 Å². The Hall–Kier alpha value is -0.815. The molecule has 0 bridgehead atoms. The highest BCUT2D eigenvalue weighted by molar-refractivity contribution is 8.03. The summed E-state index contributed by atoms with van der Waals surface area (Å²) in [5.41, 5.74) is 3.77.